The van der Waals surface area contributed by atoms with Gasteiger partial charge in [-0.3, -0.25) is 14.4 Å². The summed E-state index contributed by atoms with van der Waals surface area (Å²) in [5.74, 6) is -0.963. The van der Waals surface area contributed by atoms with Crippen LogP contribution in [-0.4, -0.2) is 37.2 Å². The fraction of sp³-hybridized carbons (Fsp3) is 0.649. The van der Waals surface area contributed by atoms with Crippen molar-refractivity contribution in [1.82, 2.24) is 0 Å². The van der Waals surface area contributed by atoms with Gasteiger partial charge >= 0.3 is 17.9 Å². The number of ether oxygens (including phenoxy) is 3. The van der Waals surface area contributed by atoms with E-state index in [0.29, 0.717) is 19.3 Å². The van der Waals surface area contributed by atoms with Gasteiger partial charge in [-0.25, -0.2) is 0 Å². The van der Waals surface area contributed by atoms with Crippen molar-refractivity contribution in [2.45, 2.75) is 309 Å². The number of hydrogen-bond acceptors (Lipinski definition) is 6. The van der Waals surface area contributed by atoms with Crippen LogP contribution in [-0.2, 0) is 28.6 Å². The monoisotopic (exact) mass is 1150 g/mol. The number of hydrogen-bond donors (Lipinski definition) is 0. The molecule has 0 amide bonds. The van der Waals surface area contributed by atoms with Crippen LogP contribution in [0.4, 0.5) is 0 Å². The van der Waals surface area contributed by atoms with E-state index in [9.17, 15) is 14.4 Å². The minimum Gasteiger partial charge on any atom is -0.462 e. The molecule has 6 nitrogen and oxygen atoms in total. The van der Waals surface area contributed by atoms with E-state index in [0.717, 1.165) is 148 Å². The second-order valence-corrected chi connectivity index (χ2v) is 22.3. The highest BCUT2D eigenvalue weighted by molar-refractivity contribution is 5.71. The maximum absolute atomic E-state index is 13.0. The van der Waals surface area contributed by atoms with Gasteiger partial charge in [-0.1, -0.05) is 289 Å². The van der Waals surface area contributed by atoms with Crippen LogP contribution in [0.3, 0.4) is 0 Å². The highest BCUT2D eigenvalue weighted by Crippen LogP contribution is 2.16. The predicted molar refractivity (Wildman–Crippen MR) is 362 cm³/mol. The first-order valence-electron chi connectivity index (χ1n) is 34.3. The SMILES string of the molecule is CC/C=C\C/C=C\C/C=C\C/C=C\C/C=C\C/C=C\C/C=C\CCCCCCCC(=O)OCC(COC(=O)CCCC/C=C\C/C=C\C/C=C\C/C=C\CC)OC(=O)CCCCCCCCCCCCC/C=C\CCCCCCCCCC. The Morgan fingerprint density at radius 1 is 0.253 bits per heavy atom. The zero-order chi connectivity index (χ0) is 59.9. The Bertz CT molecular complexity index is 1800. The molecule has 0 spiro atoms. The fourth-order valence-corrected chi connectivity index (χ4v) is 9.23. The van der Waals surface area contributed by atoms with Crippen molar-refractivity contribution >= 4 is 17.9 Å². The quantitative estimate of drug-likeness (QED) is 0.0261. The Kier molecular flexibility index (Phi) is 65.8. The van der Waals surface area contributed by atoms with Crippen molar-refractivity contribution in [3.05, 3.63) is 146 Å². The molecule has 0 aromatic carbocycles. The van der Waals surface area contributed by atoms with Crippen LogP contribution >= 0.6 is 0 Å². The summed E-state index contributed by atoms with van der Waals surface area (Å²) >= 11 is 0. The Morgan fingerprint density at radius 3 is 0.771 bits per heavy atom. The van der Waals surface area contributed by atoms with Crippen molar-refractivity contribution in [2.75, 3.05) is 13.2 Å². The van der Waals surface area contributed by atoms with Crippen LogP contribution in [0, 0.1) is 0 Å². The van der Waals surface area contributed by atoms with Crippen LogP contribution in [0.25, 0.3) is 0 Å². The van der Waals surface area contributed by atoms with Gasteiger partial charge in [0.05, 0.1) is 0 Å². The summed E-state index contributed by atoms with van der Waals surface area (Å²) < 4.78 is 16.9. The van der Waals surface area contributed by atoms with Gasteiger partial charge in [0.25, 0.3) is 0 Å². The molecule has 83 heavy (non-hydrogen) atoms. The standard InChI is InChI=1S/C77H126O6/c1-4-7-10-13-16-19-22-25-28-30-32-34-36-37-38-39-41-42-44-46-49-52-55-58-61-64-67-70-76(79)82-73-74(72-81-75(78)69-66-63-60-57-54-51-48-27-24-21-18-15-12-9-6-3)83-77(80)71-68-65-62-59-56-53-50-47-45-43-40-35-33-31-29-26-23-20-17-14-11-8-5-2/h7,9-10,12,16,18-19,21,25,27-28,31-34,37-38,41-42,46,48-49,54,57,74H,4-6,8,11,13-15,17,20,22-24,26,29-30,35-36,39-40,43-45,47,50-53,55-56,58-73H2,1-3H3/b10-7-,12-9-,19-16-,21-18-,28-25-,33-31-,34-32-,38-37-,42-41-,48-27-,49-46-,57-54-. The van der Waals surface area contributed by atoms with Crippen molar-refractivity contribution in [2.24, 2.45) is 0 Å². The summed E-state index contributed by atoms with van der Waals surface area (Å²) in [5, 5.41) is 0. The molecule has 0 aliphatic heterocycles. The van der Waals surface area contributed by atoms with Gasteiger partial charge in [0.1, 0.15) is 13.2 Å². The minimum atomic E-state index is -0.812. The summed E-state index contributed by atoms with van der Waals surface area (Å²) in [6.07, 6.45) is 100. The van der Waals surface area contributed by atoms with Crippen molar-refractivity contribution in [3.63, 3.8) is 0 Å². The van der Waals surface area contributed by atoms with Crippen LogP contribution in [0.5, 0.6) is 0 Å². The third-order valence-corrected chi connectivity index (χ3v) is 14.3. The van der Waals surface area contributed by atoms with Gasteiger partial charge in [-0.05, 0) is 141 Å². The molecule has 0 aliphatic rings. The molecule has 0 N–H and O–H groups in total. The third-order valence-electron chi connectivity index (χ3n) is 14.3. The van der Waals surface area contributed by atoms with E-state index >= 15 is 0 Å². The topological polar surface area (TPSA) is 78.9 Å². The van der Waals surface area contributed by atoms with E-state index < -0.39 is 6.10 Å². The number of carbonyl (C=O) groups excluding carboxylic acids is 3. The molecule has 0 saturated carbocycles. The molecule has 0 fully saturated rings. The summed E-state index contributed by atoms with van der Waals surface area (Å²) in [5.41, 5.74) is 0. The largest absolute Gasteiger partial charge is 0.462 e. The first-order valence-corrected chi connectivity index (χ1v) is 34.3. The van der Waals surface area contributed by atoms with Gasteiger partial charge < -0.3 is 14.2 Å². The molecule has 1 unspecified atom stereocenters. The third kappa shape index (κ3) is 68.0. The molecule has 0 aromatic heterocycles. The molecule has 0 aliphatic carbocycles. The van der Waals surface area contributed by atoms with Crippen molar-refractivity contribution in [1.29, 1.82) is 0 Å². The molecule has 0 radical (unpaired) electrons. The highest BCUT2D eigenvalue weighted by atomic mass is 16.6. The minimum absolute atomic E-state index is 0.106. The fourth-order valence-electron chi connectivity index (χ4n) is 9.23. The van der Waals surface area contributed by atoms with Crippen LogP contribution in [0.2, 0.25) is 0 Å². The molecule has 0 aromatic rings. The zero-order valence-electron chi connectivity index (χ0n) is 53.9. The van der Waals surface area contributed by atoms with Crippen molar-refractivity contribution < 1.29 is 28.6 Å². The Balaban J connectivity index is 4.44. The van der Waals surface area contributed by atoms with E-state index in [1.165, 1.54) is 116 Å². The van der Waals surface area contributed by atoms with Crippen LogP contribution < -0.4 is 0 Å². The highest BCUT2D eigenvalue weighted by Gasteiger charge is 2.19. The lowest BCUT2D eigenvalue weighted by atomic mass is 10.0. The molecular weight excluding hydrogens is 1020 g/mol. The molecule has 1 atom stereocenters. The van der Waals surface area contributed by atoms with Gasteiger partial charge in [-0.2, -0.15) is 0 Å². The summed E-state index contributed by atoms with van der Waals surface area (Å²) in [4.78, 5) is 38.4. The maximum atomic E-state index is 13.0. The van der Waals surface area contributed by atoms with Gasteiger partial charge in [-0.15, -0.1) is 0 Å². The average Bonchev–Trinajstić information content (AvgIpc) is 3.49. The molecule has 6 heteroatoms. The zero-order valence-corrected chi connectivity index (χ0v) is 53.9. The first kappa shape index (κ1) is 78.3. The van der Waals surface area contributed by atoms with Gasteiger partial charge in [0.2, 0.25) is 0 Å². The second-order valence-electron chi connectivity index (χ2n) is 22.3. The Morgan fingerprint density at radius 2 is 0.470 bits per heavy atom. The maximum Gasteiger partial charge on any atom is 0.306 e. The summed E-state index contributed by atoms with van der Waals surface area (Å²) in [6, 6.07) is 0. The van der Waals surface area contributed by atoms with E-state index in [2.05, 4.69) is 167 Å². The van der Waals surface area contributed by atoms with E-state index in [4.69, 9.17) is 14.2 Å². The molecule has 0 heterocycles. The van der Waals surface area contributed by atoms with E-state index in [1.807, 2.05) is 0 Å². The molecule has 0 rings (SSSR count). The normalized spacial score (nSPS) is 13.0. The lowest BCUT2D eigenvalue weighted by Crippen LogP contribution is -2.30. The second kappa shape index (κ2) is 69.8. The Hall–Kier alpha value is -4.71. The van der Waals surface area contributed by atoms with Crippen LogP contribution in [0.15, 0.2) is 146 Å². The number of allylic oxidation sites excluding steroid dienone is 24. The summed E-state index contributed by atoms with van der Waals surface area (Å²) in [7, 11) is 0. The van der Waals surface area contributed by atoms with E-state index in [-0.39, 0.29) is 31.1 Å². The van der Waals surface area contributed by atoms with Crippen LogP contribution in [0.1, 0.15) is 303 Å². The molecule has 0 bridgehead atoms. The first-order chi connectivity index (χ1) is 41.0. The average molecular weight is 1150 g/mol. The Labute approximate surface area is 512 Å². The lowest BCUT2D eigenvalue weighted by Gasteiger charge is -2.18. The lowest BCUT2D eigenvalue weighted by molar-refractivity contribution is -0.167. The number of unbranched alkanes of at least 4 members (excludes halogenated alkanes) is 26. The van der Waals surface area contributed by atoms with Gasteiger partial charge in [0, 0.05) is 19.3 Å². The predicted octanol–water partition coefficient (Wildman–Crippen LogP) is 23.9. The van der Waals surface area contributed by atoms with Crippen molar-refractivity contribution in [3.8, 4) is 0 Å². The smallest absolute Gasteiger partial charge is 0.306 e. The number of carbonyl (C=O) groups is 3. The molecule has 0 saturated heterocycles. The number of rotatable bonds is 61. The molecule has 470 valence electrons. The molecular formula is C77H126O6. The van der Waals surface area contributed by atoms with E-state index in [1.54, 1.807) is 0 Å². The van der Waals surface area contributed by atoms with Gasteiger partial charge in [0.15, 0.2) is 6.10 Å². The number of esters is 3. The summed E-state index contributed by atoms with van der Waals surface area (Å²) in [6.45, 7) is 6.38.